The molecular weight excluding hydrogens is 398 g/mol. The number of carbonyl (C=O) groups is 2. The lowest BCUT2D eigenvalue weighted by Gasteiger charge is -2.16. The Morgan fingerprint density at radius 1 is 0.933 bits per heavy atom. The van der Waals surface area contributed by atoms with Gasteiger partial charge in [0.1, 0.15) is 12.4 Å². The SMILES string of the molecule is Cc1cc(C)cc(OCCN2C(=O)C(SCCO)=C(c3ccc(C)cc3C)C2=O)c1. The summed E-state index contributed by atoms with van der Waals surface area (Å²) >= 11 is 1.23. The molecule has 2 aromatic rings. The van der Waals surface area contributed by atoms with Gasteiger partial charge in [-0.1, -0.05) is 29.8 Å². The van der Waals surface area contributed by atoms with Crippen LogP contribution in [-0.2, 0) is 9.59 Å². The van der Waals surface area contributed by atoms with Gasteiger partial charge >= 0.3 is 0 Å². The summed E-state index contributed by atoms with van der Waals surface area (Å²) in [6.07, 6.45) is 0. The Morgan fingerprint density at radius 3 is 2.27 bits per heavy atom. The summed E-state index contributed by atoms with van der Waals surface area (Å²) in [5.41, 5.74) is 5.41. The number of hydrogen-bond acceptors (Lipinski definition) is 5. The van der Waals surface area contributed by atoms with E-state index in [1.807, 2.05) is 58.0 Å². The number of aliphatic hydroxyl groups is 1. The Labute approximate surface area is 181 Å². The number of aliphatic hydroxyl groups excluding tert-OH is 1. The summed E-state index contributed by atoms with van der Waals surface area (Å²) in [6, 6.07) is 11.8. The first-order chi connectivity index (χ1) is 14.3. The third kappa shape index (κ3) is 4.77. The van der Waals surface area contributed by atoms with E-state index in [0.717, 1.165) is 33.6 Å². The van der Waals surface area contributed by atoms with Gasteiger partial charge in [-0.15, -0.1) is 11.8 Å². The number of imide groups is 1. The van der Waals surface area contributed by atoms with Crippen LogP contribution in [0.2, 0.25) is 0 Å². The van der Waals surface area contributed by atoms with Crippen molar-refractivity contribution in [3.8, 4) is 5.75 Å². The van der Waals surface area contributed by atoms with Crippen LogP contribution in [0.5, 0.6) is 5.75 Å². The lowest BCUT2D eigenvalue weighted by atomic mass is 9.99. The van der Waals surface area contributed by atoms with Crippen molar-refractivity contribution in [2.24, 2.45) is 0 Å². The molecule has 0 saturated carbocycles. The zero-order chi connectivity index (χ0) is 21.8. The standard InChI is InChI=1S/C24H27NO4S/c1-15-5-6-20(18(4)12-15)21-22(30-10-8-26)24(28)25(23(21)27)7-9-29-19-13-16(2)11-17(3)14-19/h5-6,11-14,26H,7-10H2,1-4H3. The molecule has 2 aromatic carbocycles. The van der Waals surface area contributed by atoms with E-state index in [1.165, 1.54) is 16.7 Å². The molecule has 3 rings (SSSR count). The Bertz CT molecular complexity index is 992. The Hall–Kier alpha value is -2.57. The monoisotopic (exact) mass is 425 g/mol. The first kappa shape index (κ1) is 22.1. The fourth-order valence-electron chi connectivity index (χ4n) is 3.64. The molecule has 1 N–H and O–H groups in total. The summed E-state index contributed by atoms with van der Waals surface area (Å²) in [5, 5.41) is 9.23. The van der Waals surface area contributed by atoms with Crippen molar-refractivity contribution in [3.63, 3.8) is 0 Å². The molecule has 6 heteroatoms. The second kappa shape index (κ2) is 9.49. The quantitative estimate of drug-likeness (QED) is 0.652. The first-order valence-electron chi connectivity index (χ1n) is 9.94. The van der Waals surface area contributed by atoms with Crippen LogP contribution in [0.1, 0.15) is 27.8 Å². The van der Waals surface area contributed by atoms with E-state index < -0.39 is 0 Å². The summed E-state index contributed by atoms with van der Waals surface area (Å²) in [5.74, 6) is 0.452. The van der Waals surface area contributed by atoms with Gasteiger partial charge in [-0.05, 0) is 62.1 Å². The number of thioether (sulfide) groups is 1. The van der Waals surface area contributed by atoms with E-state index in [2.05, 4.69) is 6.07 Å². The lowest BCUT2D eigenvalue weighted by molar-refractivity contribution is -0.136. The maximum Gasteiger partial charge on any atom is 0.268 e. The summed E-state index contributed by atoms with van der Waals surface area (Å²) in [6.45, 7) is 8.25. The van der Waals surface area contributed by atoms with Gasteiger partial charge in [0.2, 0.25) is 0 Å². The maximum atomic E-state index is 13.2. The van der Waals surface area contributed by atoms with E-state index >= 15 is 0 Å². The number of benzene rings is 2. The van der Waals surface area contributed by atoms with Crippen molar-refractivity contribution < 1.29 is 19.4 Å². The van der Waals surface area contributed by atoms with Gasteiger partial charge in [-0.2, -0.15) is 0 Å². The highest BCUT2D eigenvalue weighted by Crippen LogP contribution is 2.37. The van der Waals surface area contributed by atoms with E-state index in [9.17, 15) is 14.7 Å². The number of ether oxygens (including phenoxy) is 1. The van der Waals surface area contributed by atoms with Crippen LogP contribution in [0.15, 0.2) is 41.3 Å². The molecule has 1 aliphatic rings. The van der Waals surface area contributed by atoms with Crippen LogP contribution in [0.3, 0.4) is 0 Å². The molecule has 0 spiro atoms. The molecule has 0 radical (unpaired) electrons. The summed E-state index contributed by atoms with van der Waals surface area (Å²) in [4.78, 5) is 27.9. The fourth-order valence-corrected chi connectivity index (χ4v) is 4.51. The molecule has 0 aromatic heterocycles. The largest absolute Gasteiger partial charge is 0.492 e. The van der Waals surface area contributed by atoms with Crippen LogP contribution in [0, 0.1) is 27.7 Å². The zero-order valence-corrected chi connectivity index (χ0v) is 18.6. The van der Waals surface area contributed by atoms with Gasteiger partial charge in [0.25, 0.3) is 11.8 Å². The van der Waals surface area contributed by atoms with Crippen LogP contribution < -0.4 is 4.74 Å². The van der Waals surface area contributed by atoms with Crippen molar-refractivity contribution in [1.82, 2.24) is 4.90 Å². The molecule has 0 bridgehead atoms. The lowest BCUT2D eigenvalue weighted by Crippen LogP contribution is -2.35. The van der Waals surface area contributed by atoms with Gasteiger partial charge in [-0.3, -0.25) is 14.5 Å². The molecular formula is C24H27NO4S. The number of aryl methyl sites for hydroxylation is 4. The normalized spacial score (nSPS) is 14.1. The second-order valence-electron chi connectivity index (χ2n) is 7.53. The van der Waals surface area contributed by atoms with Crippen molar-refractivity contribution in [3.05, 3.63) is 69.1 Å². The molecule has 1 heterocycles. The third-order valence-electron chi connectivity index (χ3n) is 4.89. The number of amides is 2. The molecule has 2 amide bonds. The molecule has 0 unspecified atom stereocenters. The second-order valence-corrected chi connectivity index (χ2v) is 8.63. The molecule has 5 nitrogen and oxygen atoms in total. The summed E-state index contributed by atoms with van der Waals surface area (Å²) < 4.78 is 5.81. The minimum Gasteiger partial charge on any atom is -0.492 e. The minimum absolute atomic E-state index is 0.0639. The van der Waals surface area contributed by atoms with Crippen molar-refractivity contribution >= 4 is 29.1 Å². The molecule has 158 valence electrons. The first-order valence-corrected chi connectivity index (χ1v) is 10.9. The average molecular weight is 426 g/mol. The molecule has 30 heavy (non-hydrogen) atoms. The molecule has 0 fully saturated rings. The number of nitrogens with zero attached hydrogens (tertiary/aromatic N) is 1. The average Bonchev–Trinajstić information content (AvgIpc) is 2.90. The summed E-state index contributed by atoms with van der Waals surface area (Å²) in [7, 11) is 0. The predicted molar refractivity (Wildman–Crippen MR) is 121 cm³/mol. The fraction of sp³-hybridized carbons (Fsp3) is 0.333. The van der Waals surface area contributed by atoms with Crippen molar-refractivity contribution in [1.29, 1.82) is 0 Å². The maximum absolute atomic E-state index is 13.2. The third-order valence-corrected chi connectivity index (χ3v) is 5.95. The highest BCUT2D eigenvalue weighted by atomic mass is 32.2. The number of rotatable bonds is 8. The van der Waals surface area contributed by atoms with Gasteiger partial charge < -0.3 is 9.84 Å². The van der Waals surface area contributed by atoms with Crippen LogP contribution >= 0.6 is 11.8 Å². The van der Waals surface area contributed by atoms with E-state index in [-0.39, 0.29) is 31.6 Å². The van der Waals surface area contributed by atoms with E-state index in [0.29, 0.717) is 16.2 Å². The Kier molecular flexibility index (Phi) is 7.00. The Balaban J connectivity index is 1.81. The molecule has 1 aliphatic heterocycles. The van der Waals surface area contributed by atoms with Crippen LogP contribution in [-0.4, -0.2) is 47.3 Å². The Morgan fingerprint density at radius 2 is 1.63 bits per heavy atom. The van der Waals surface area contributed by atoms with Gasteiger partial charge in [-0.25, -0.2) is 0 Å². The van der Waals surface area contributed by atoms with Gasteiger partial charge in [0.05, 0.1) is 23.6 Å². The van der Waals surface area contributed by atoms with Crippen LogP contribution in [0.4, 0.5) is 0 Å². The van der Waals surface area contributed by atoms with E-state index in [4.69, 9.17) is 4.74 Å². The van der Waals surface area contributed by atoms with Gasteiger partial charge in [0.15, 0.2) is 0 Å². The van der Waals surface area contributed by atoms with E-state index in [1.54, 1.807) is 0 Å². The van der Waals surface area contributed by atoms with Crippen molar-refractivity contribution in [2.75, 3.05) is 25.5 Å². The smallest absolute Gasteiger partial charge is 0.268 e. The number of carbonyl (C=O) groups excluding carboxylic acids is 2. The highest BCUT2D eigenvalue weighted by Gasteiger charge is 2.39. The highest BCUT2D eigenvalue weighted by molar-refractivity contribution is 8.04. The van der Waals surface area contributed by atoms with Crippen molar-refractivity contribution in [2.45, 2.75) is 27.7 Å². The van der Waals surface area contributed by atoms with Gasteiger partial charge in [0, 0.05) is 5.75 Å². The topological polar surface area (TPSA) is 66.8 Å². The zero-order valence-electron chi connectivity index (χ0n) is 17.8. The number of hydrogen-bond donors (Lipinski definition) is 1. The van der Waals surface area contributed by atoms with Crippen LogP contribution in [0.25, 0.3) is 5.57 Å². The molecule has 0 atom stereocenters. The molecule has 0 saturated heterocycles. The molecule has 0 aliphatic carbocycles. The predicted octanol–water partition coefficient (Wildman–Crippen LogP) is 3.80. The minimum atomic E-state index is -0.322.